The molecule has 2 aliphatic heterocycles. The molecule has 4 aromatic rings. The van der Waals surface area contributed by atoms with Crippen LogP contribution in [-0.2, 0) is 6.54 Å². The average molecular weight is 482 g/mol. The molecule has 0 radical (unpaired) electrons. The van der Waals surface area contributed by atoms with Crippen molar-refractivity contribution in [3.05, 3.63) is 40.3 Å². The Morgan fingerprint density at radius 2 is 2.16 bits per heavy atom. The lowest BCUT2D eigenvalue weighted by Gasteiger charge is -2.24. The Morgan fingerprint density at radius 1 is 1.23 bits per heavy atom. The number of hydrogen-bond donors (Lipinski definition) is 3. The number of imidazole rings is 1. The van der Waals surface area contributed by atoms with E-state index in [0.717, 1.165) is 52.6 Å². The minimum Gasteiger partial charge on any atom is -0.347 e. The van der Waals surface area contributed by atoms with E-state index in [-0.39, 0.29) is 0 Å². The first kappa shape index (κ1) is 19.0. The second-order valence-corrected chi connectivity index (χ2v) is 9.36. The normalized spacial score (nSPS) is 21.2. The Balaban J connectivity index is 1.30. The van der Waals surface area contributed by atoms with Crippen LogP contribution in [0.3, 0.4) is 0 Å². The van der Waals surface area contributed by atoms with Gasteiger partial charge in [0.2, 0.25) is 11.9 Å². The maximum Gasteiger partial charge on any atom is 0.230 e. The van der Waals surface area contributed by atoms with Crippen LogP contribution in [0.2, 0.25) is 0 Å². The Hall–Kier alpha value is -2.72. The minimum absolute atomic E-state index is 0.517. The van der Waals surface area contributed by atoms with Crippen molar-refractivity contribution in [3.63, 3.8) is 0 Å². The molecule has 0 spiro atoms. The molecule has 2 saturated heterocycles. The zero-order valence-electron chi connectivity index (χ0n) is 17.3. The standard InChI is InChI=1S/C21H24BrN9/c1-12-4-5-15-16(7-12)27-18(26-15)9-24-20-29-21(28-19-14(22)8-25-31(19)20)30-10-13-3-2-6-23-17(13)11-30/h4-5,7-8,13,17,23H,2-3,6,9-11H2,1H3,(H,26,27)(H,24,28,29)/t13-,17+/m0/s1. The van der Waals surface area contributed by atoms with Gasteiger partial charge in [0.25, 0.3) is 0 Å². The van der Waals surface area contributed by atoms with E-state index in [1.807, 2.05) is 6.07 Å². The summed E-state index contributed by atoms with van der Waals surface area (Å²) in [7, 11) is 0. The quantitative estimate of drug-likeness (QED) is 0.412. The lowest BCUT2D eigenvalue weighted by atomic mass is 9.94. The fraction of sp³-hybridized carbons (Fsp3) is 0.429. The van der Waals surface area contributed by atoms with Gasteiger partial charge in [-0.1, -0.05) is 6.07 Å². The largest absolute Gasteiger partial charge is 0.347 e. The lowest BCUT2D eigenvalue weighted by Crippen LogP contribution is -2.40. The summed E-state index contributed by atoms with van der Waals surface area (Å²) in [6.07, 6.45) is 4.27. The summed E-state index contributed by atoms with van der Waals surface area (Å²) < 4.78 is 2.59. The van der Waals surface area contributed by atoms with Crippen molar-refractivity contribution in [2.75, 3.05) is 29.9 Å². The number of anilines is 2. The van der Waals surface area contributed by atoms with Crippen molar-refractivity contribution in [1.82, 2.24) is 34.9 Å². The number of halogens is 1. The first-order chi connectivity index (χ1) is 15.1. The van der Waals surface area contributed by atoms with Crippen molar-refractivity contribution in [1.29, 1.82) is 0 Å². The van der Waals surface area contributed by atoms with Crippen LogP contribution >= 0.6 is 15.9 Å². The average Bonchev–Trinajstić information content (AvgIpc) is 3.48. The molecule has 1 aromatic carbocycles. The number of benzene rings is 1. The number of piperidine rings is 1. The topological polar surface area (TPSA) is 99.1 Å². The van der Waals surface area contributed by atoms with Crippen molar-refractivity contribution in [3.8, 4) is 0 Å². The number of nitrogens with zero attached hydrogens (tertiary/aromatic N) is 6. The molecule has 3 aromatic heterocycles. The zero-order chi connectivity index (χ0) is 20.9. The van der Waals surface area contributed by atoms with Crippen molar-refractivity contribution < 1.29 is 0 Å². The smallest absolute Gasteiger partial charge is 0.230 e. The minimum atomic E-state index is 0.517. The first-order valence-corrected chi connectivity index (χ1v) is 11.5. The van der Waals surface area contributed by atoms with Gasteiger partial charge in [-0.25, -0.2) is 4.98 Å². The third kappa shape index (κ3) is 3.43. The molecular weight excluding hydrogens is 458 g/mol. The molecule has 0 unspecified atom stereocenters. The first-order valence-electron chi connectivity index (χ1n) is 10.7. The molecule has 9 nitrogen and oxygen atoms in total. The second kappa shape index (κ2) is 7.45. The van der Waals surface area contributed by atoms with E-state index in [1.54, 1.807) is 10.7 Å². The summed E-state index contributed by atoms with van der Waals surface area (Å²) in [4.78, 5) is 20.0. The summed E-state index contributed by atoms with van der Waals surface area (Å²) in [5.41, 5.74) is 3.97. The molecule has 10 heteroatoms. The predicted molar refractivity (Wildman–Crippen MR) is 123 cm³/mol. The molecule has 2 aliphatic rings. The molecule has 0 bridgehead atoms. The highest BCUT2D eigenvalue weighted by molar-refractivity contribution is 9.10. The molecule has 160 valence electrons. The summed E-state index contributed by atoms with van der Waals surface area (Å²) in [5, 5.41) is 11.5. The summed E-state index contributed by atoms with van der Waals surface area (Å²) >= 11 is 3.58. The molecule has 2 fully saturated rings. The maximum absolute atomic E-state index is 4.85. The zero-order valence-corrected chi connectivity index (χ0v) is 18.9. The molecule has 6 rings (SSSR count). The molecule has 0 saturated carbocycles. The molecular formula is C21H24BrN9. The number of nitrogens with one attached hydrogen (secondary N) is 3. The maximum atomic E-state index is 4.85. The number of aromatic amines is 1. The Kier molecular flexibility index (Phi) is 4.57. The van der Waals surface area contributed by atoms with E-state index in [1.165, 1.54) is 18.4 Å². The number of rotatable bonds is 4. The van der Waals surface area contributed by atoms with Crippen LogP contribution in [0.4, 0.5) is 11.9 Å². The van der Waals surface area contributed by atoms with Crippen LogP contribution in [0, 0.1) is 12.8 Å². The van der Waals surface area contributed by atoms with Crippen LogP contribution in [0.15, 0.2) is 28.9 Å². The van der Waals surface area contributed by atoms with Gasteiger partial charge in [0.05, 0.1) is 28.2 Å². The monoisotopic (exact) mass is 481 g/mol. The number of hydrogen-bond acceptors (Lipinski definition) is 7. The molecule has 0 amide bonds. The fourth-order valence-electron chi connectivity index (χ4n) is 4.73. The van der Waals surface area contributed by atoms with Gasteiger partial charge in [-0.05, 0) is 65.9 Å². The number of fused-ring (bicyclic) bond motifs is 3. The van der Waals surface area contributed by atoms with Crippen LogP contribution < -0.4 is 15.5 Å². The summed E-state index contributed by atoms with van der Waals surface area (Å²) in [5.74, 6) is 2.92. The molecule has 3 N–H and O–H groups in total. The molecule has 2 atom stereocenters. The predicted octanol–water partition coefficient (Wildman–Crippen LogP) is 2.87. The van der Waals surface area contributed by atoms with Gasteiger partial charge in [-0.3, -0.25) is 0 Å². The summed E-state index contributed by atoms with van der Waals surface area (Å²) in [6.45, 7) is 5.63. The third-order valence-electron chi connectivity index (χ3n) is 6.30. The second-order valence-electron chi connectivity index (χ2n) is 8.50. The highest BCUT2D eigenvalue weighted by Gasteiger charge is 2.35. The van der Waals surface area contributed by atoms with E-state index in [9.17, 15) is 0 Å². The van der Waals surface area contributed by atoms with Gasteiger partial charge in [0.15, 0.2) is 5.65 Å². The Morgan fingerprint density at radius 3 is 3.06 bits per heavy atom. The fourth-order valence-corrected chi connectivity index (χ4v) is 5.08. The van der Waals surface area contributed by atoms with E-state index in [4.69, 9.17) is 9.97 Å². The number of aromatic nitrogens is 6. The van der Waals surface area contributed by atoms with Gasteiger partial charge in [0, 0.05) is 19.1 Å². The van der Waals surface area contributed by atoms with E-state index < -0.39 is 0 Å². The van der Waals surface area contributed by atoms with Gasteiger partial charge in [-0.2, -0.15) is 19.6 Å². The molecule has 5 heterocycles. The number of aryl methyl sites for hydroxylation is 1. The van der Waals surface area contributed by atoms with Crippen molar-refractivity contribution >= 4 is 44.5 Å². The highest BCUT2D eigenvalue weighted by atomic mass is 79.9. The van der Waals surface area contributed by atoms with E-state index in [0.29, 0.717) is 24.5 Å². The van der Waals surface area contributed by atoms with E-state index >= 15 is 0 Å². The van der Waals surface area contributed by atoms with E-state index in [2.05, 4.69) is 65.6 Å². The van der Waals surface area contributed by atoms with Gasteiger partial charge < -0.3 is 20.5 Å². The van der Waals surface area contributed by atoms with Crippen LogP contribution in [-0.4, -0.2) is 55.2 Å². The molecule has 0 aliphatic carbocycles. The van der Waals surface area contributed by atoms with Crippen LogP contribution in [0.25, 0.3) is 16.7 Å². The lowest BCUT2D eigenvalue weighted by molar-refractivity contribution is 0.340. The third-order valence-corrected chi connectivity index (χ3v) is 6.86. The highest BCUT2D eigenvalue weighted by Crippen LogP contribution is 2.29. The SMILES string of the molecule is Cc1ccc2nc(CNc3nc(N4C[C@@H]5CCCN[C@@H]5C4)nc4c(Br)cnn34)[nH]c2c1. The van der Waals surface area contributed by atoms with Crippen LogP contribution in [0.5, 0.6) is 0 Å². The van der Waals surface area contributed by atoms with Gasteiger partial charge in [-0.15, -0.1) is 0 Å². The van der Waals surface area contributed by atoms with Gasteiger partial charge in [0.1, 0.15) is 5.82 Å². The Labute approximate surface area is 187 Å². The molecule has 31 heavy (non-hydrogen) atoms. The van der Waals surface area contributed by atoms with Crippen LogP contribution in [0.1, 0.15) is 24.2 Å². The van der Waals surface area contributed by atoms with Crippen molar-refractivity contribution in [2.24, 2.45) is 5.92 Å². The number of H-pyrrole nitrogens is 1. The van der Waals surface area contributed by atoms with Gasteiger partial charge >= 0.3 is 0 Å². The van der Waals surface area contributed by atoms with Crippen molar-refractivity contribution in [2.45, 2.75) is 32.4 Å². The summed E-state index contributed by atoms with van der Waals surface area (Å²) in [6, 6.07) is 6.75. The Bertz CT molecular complexity index is 1250.